The van der Waals surface area contributed by atoms with Crippen LogP contribution in [0.15, 0.2) is 48.5 Å². The predicted octanol–water partition coefficient (Wildman–Crippen LogP) is 3.33. The summed E-state index contributed by atoms with van der Waals surface area (Å²) in [6.07, 6.45) is 0. The third kappa shape index (κ3) is 2.15. The highest BCUT2D eigenvalue weighted by Gasteiger charge is 2.09. The second kappa shape index (κ2) is 4.68. The molecule has 0 atom stereocenters. The zero-order chi connectivity index (χ0) is 14.2. The Morgan fingerprint density at radius 2 is 1.81 bits per heavy atom. The zero-order valence-electron chi connectivity index (χ0n) is 10.9. The van der Waals surface area contributed by atoms with Gasteiger partial charge in [-0.2, -0.15) is 5.10 Å². The summed E-state index contributed by atoms with van der Waals surface area (Å²) in [5.74, 6) is 1.43. The minimum absolute atomic E-state index is 0.571. The van der Waals surface area contributed by atoms with Crippen LogP contribution in [0, 0.1) is 0 Å². The van der Waals surface area contributed by atoms with E-state index in [0.717, 1.165) is 27.2 Å². The second-order valence-corrected chi connectivity index (χ2v) is 5.67. The van der Waals surface area contributed by atoms with Crippen molar-refractivity contribution in [1.82, 2.24) is 20.2 Å². The number of aromatic nitrogens is 4. The molecular formula is C15H11N5S. The van der Waals surface area contributed by atoms with Crippen LogP contribution in [0.1, 0.15) is 0 Å². The van der Waals surface area contributed by atoms with Gasteiger partial charge in [0.2, 0.25) is 0 Å². The van der Waals surface area contributed by atoms with Crippen molar-refractivity contribution in [1.29, 1.82) is 0 Å². The lowest BCUT2D eigenvalue weighted by Gasteiger charge is -1.95. The van der Waals surface area contributed by atoms with Gasteiger partial charge in [0.15, 0.2) is 16.8 Å². The summed E-state index contributed by atoms with van der Waals surface area (Å²) in [6.45, 7) is 0. The Bertz CT molecular complexity index is 910. The minimum Gasteiger partial charge on any atom is -0.375 e. The van der Waals surface area contributed by atoms with E-state index < -0.39 is 0 Å². The molecule has 0 aliphatic rings. The van der Waals surface area contributed by atoms with Crippen molar-refractivity contribution in [3.8, 4) is 22.8 Å². The van der Waals surface area contributed by atoms with Gasteiger partial charge in [-0.25, -0.2) is 9.97 Å². The molecule has 0 fully saturated rings. The molecule has 0 aliphatic carbocycles. The number of fused-ring (bicyclic) bond motifs is 1. The van der Waals surface area contributed by atoms with E-state index in [1.54, 1.807) is 0 Å². The van der Waals surface area contributed by atoms with Gasteiger partial charge in [-0.3, -0.25) is 5.10 Å². The average Bonchev–Trinajstić information content (AvgIpc) is 3.12. The van der Waals surface area contributed by atoms with E-state index in [9.17, 15) is 0 Å². The third-order valence-corrected chi connectivity index (χ3v) is 4.04. The van der Waals surface area contributed by atoms with Crippen LogP contribution in [-0.2, 0) is 0 Å². The summed E-state index contributed by atoms with van der Waals surface area (Å²) in [6, 6.07) is 15.8. The number of nitrogens with two attached hydrogens (primary N) is 1. The monoisotopic (exact) mass is 293 g/mol. The van der Waals surface area contributed by atoms with Crippen LogP contribution < -0.4 is 5.73 Å². The van der Waals surface area contributed by atoms with Crippen LogP contribution in [0.4, 0.5) is 5.13 Å². The van der Waals surface area contributed by atoms with Gasteiger partial charge in [-0.05, 0) is 18.2 Å². The van der Waals surface area contributed by atoms with Gasteiger partial charge in [-0.1, -0.05) is 41.7 Å². The number of thiazole rings is 1. The van der Waals surface area contributed by atoms with Gasteiger partial charge < -0.3 is 5.73 Å². The summed E-state index contributed by atoms with van der Waals surface area (Å²) in [4.78, 5) is 8.80. The van der Waals surface area contributed by atoms with Crippen LogP contribution in [0.2, 0.25) is 0 Å². The van der Waals surface area contributed by atoms with Crippen molar-refractivity contribution in [3.05, 3.63) is 48.5 Å². The van der Waals surface area contributed by atoms with E-state index in [2.05, 4.69) is 20.2 Å². The number of anilines is 1. The lowest BCUT2D eigenvalue weighted by molar-refractivity contribution is 1.10. The topological polar surface area (TPSA) is 80.5 Å². The van der Waals surface area contributed by atoms with E-state index >= 15 is 0 Å². The molecule has 2 aromatic heterocycles. The van der Waals surface area contributed by atoms with Crippen LogP contribution >= 0.6 is 11.3 Å². The summed E-state index contributed by atoms with van der Waals surface area (Å²) in [5.41, 5.74) is 8.59. The maximum atomic E-state index is 5.73. The van der Waals surface area contributed by atoms with Gasteiger partial charge in [0.1, 0.15) is 0 Å². The SMILES string of the molecule is Nc1nc2ccc(-c3n[nH]c(-c4ccccc4)n3)cc2s1. The Hall–Kier alpha value is -2.73. The van der Waals surface area contributed by atoms with Crippen LogP contribution in [0.3, 0.4) is 0 Å². The Morgan fingerprint density at radius 1 is 0.952 bits per heavy atom. The molecule has 2 aromatic carbocycles. The molecule has 2 heterocycles. The fraction of sp³-hybridized carbons (Fsp3) is 0. The first kappa shape index (κ1) is 12.0. The average molecular weight is 293 g/mol. The third-order valence-electron chi connectivity index (χ3n) is 3.20. The van der Waals surface area contributed by atoms with Gasteiger partial charge in [0, 0.05) is 11.1 Å². The fourth-order valence-electron chi connectivity index (χ4n) is 2.20. The molecule has 0 amide bonds. The molecule has 6 heteroatoms. The Kier molecular flexibility index (Phi) is 2.68. The number of nitrogen functional groups attached to an aromatic ring is 1. The van der Waals surface area contributed by atoms with Gasteiger partial charge >= 0.3 is 0 Å². The molecule has 21 heavy (non-hydrogen) atoms. The first-order valence-electron chi connectivity index (χ1n) is 6.44. The molecule has 4 aromatic rings. The quantitative estimate of drug-likeness (QED) is 0.594. The highest BCUT2D eigenvalue weighted by Crippen LogP contribution is 2.28. The number of hydrogen-bond donors (Lipinski definition) is 2. The fourth-order valence-corrected chi connectivity index (χ4v) is 2.97. The molecule has 0 unspecified atom stereocenters. The van der Waals surface area contributed by atoms with Crippen molar-refractivity contribution in [2.75, 3.05) is 5.73 Å². The van der Waals surface area contributed by atoms with Gasteiger partial charge in [-0.15, -0.1) is 0 Å². The maximum absolute atomic E-state index is 5.73. The summed E-state index contributed by atoms with van der Waals surface area (Å²) >= 11 is 1.47. The highest BCUT2D eigenvalue weighted by molar-refractivity contribution is 7.22. The molecule has 3 N–H and O–H groups in total. The van der Waals surface area contributed by atoms with Crippen LogP contribution in [0.5, 0.6) is 0 Å². The molecule has 5 nitrogen and oxygen atoms in total. The summed E-state index contributed by atoms with van der Waals surface area (Å²) < 4.78 is 1.04. The molecule has 4 rings (SSSR count). The molecular weight excluding hydrogens is 282 g/mol. The van der Waals surface area contributed by atoms with E-state index in [4.69, 9.17) is 5.73 Å². The van der Waals surface area contributed by atoms with Crippen molar-refractivity contribution >= 4 is 26.7 Å². The first-order chi connectivity index (χ1) is 10.3. The zero-order valence-corrected chi connectivity index (χ0v) is 11.8. The lowest BCUT2D eigenvalue weighted by Crippen LogP contribution is -1.81. The Balaban J connectivity index is 1.77. The van der Waals surface area contributed by atoms with Crippen molar-refractivity contribution < 1.29 is 0 Å². The standard InChI is InChI=1S/C15H11N5S/c16-15-17-11-7-6-10(8-12(11)21-15)14-18-13(19-20-14)9-4-2-1-3-5-9/h1-8H,(H2,16,17)(H,18,19,20). The first-order valence-corrected chi connectivity index (χ1v) is 7.25. The van der Waals surface area contributed by atoms with Crippen LogP contribution in [0.25, 0.3) is 33.0 Å². The Morgan fingerprint density at radius 3 is 2.67 bits per heavy atom. The molecule has 0 saturated heterocycles. The molecule has 0 bridgehead atoms. The number of nitrogens with one attached hydrogen (secondary N) is 1. The van der Waals surface area contributed by atoms with Gasteiger partial charge in [0.25, 0.3) is 0 Å². The predicted molar refractivity (Wildman–Crippen MR) is 84.8 cm³/mol. The van der Waals surface area contributed by atoms with E-state index in [0.29, 0.717) is 11.0 Å². The van der Waals surface area contributed by atoms with E-state index in [1.807, 2.05) is 48.5 Å². The number of benzene rings is 2. The number of hydrogen-bond acceptors (Lipinski definition) is 5. The second-order valence-electron chi connectivity index (χ2n) is 4.61. The number of H-pyrrole nitrogens is 1. The lowest BCUT2D eigenvalue weighted by atomic mass is 10.2. The smallest absolute Gasteiger partial charge is 0.181 e. The van der Waals surface area contributed by atoms with Crippen molar-refractivity contribution in [2.45, 2.75) is 0 Å². The Labute approximate surface area is 124 Å². The summed E-state index contributed by atoms with van der Waals surface area (Å²) in [5, 5.41) is 7.84. The number of aromatic amines is 1. The largest absolute Gasteiger partial charge is 0.375 e. The maximum Gasteiger partial charge on any atom is 0.181 e. The highest BCUT2D eigenvalue weighted by atomic mass is 32.1. The van der Waals surface area contributed by atoms with E-state index in [-0.39, 0.29) is 0 Å². The minimum atomic E-state index is 0.571. The molecule has 0 saturated carbocycles. The van der Waals surface area contributed by atoms with Crippen molar-refractivity contribution in [3.63, 3.8) is 0 Å². The van der Waals surface area contributed by atoms with Crippen LogP contribution in [-0.4, -0.2) is 20.2 Å². The number of rotatable bonds is 2. The summed E-state index contributed by atoms with van der Waals surface area (Å²) in [7, 11) is 0. The normalized spacial score (nSPS) is 11.0. The van der Waals surface area contributed by atoms with E-state index in [1.165, 1.54) is 11.3 Å². The molecule has 0 spiro atoms. The molecule has 0 radical (unpaired) electrons. The van der Waals surface area contributed by atoms with Gasteiger partial charge in [0.05, 0.1) is 10.2 Å². The molecule has 0 aliphatic heterocycles. The number of nitrogens with zero attached hydrogens (tertiary/aromatic N) is 3. The van der Waals surface area contributed by atoms with Crippen molar-refractivity contribution in [2.24, 2.45) is 0 Å². The molecule has 102 valence electrons.